The van der Waals surface area contributed by atoms with Crippen molar-refractivity contribution in [2.24, 2.45) is 11.8 Å². The van der Waals surface area contributed by atoms with Gasteiger partial charge in [0, 0.05) is 5.56 Å². The zero-order valence-corrected chi connectivity index (χ0v) is 19.4. The average molecular weight is 486 g/mol. The van der Waals surface area contributed by atoms with Gasteiger partial charge in [0.05, 0.1) is 23.1 Å². The minimum absolute atomic E-state index is 0.122. The highest BCUT2D eigenvalue weighted by atomic mass is 19.1. The van der Waals surface area contributed by atoms with Gasteiger partial charge >= 0.3 is 5.97 Å². The Morgan fingerprint density at radius 2 is 1.56 bits per heavy atom. The van der Waals surface area contributed by atoms with Gasteiger partial charge in [-0.3, -0.25) is 19.3 Å². The van der Waals surface area contributed by atoms with Crippen LogP contribution in [-0.4, -0.2) is 30.2 Å². The smallest absolute Gasteiger partial charge is 0.338 e. The van der Waals surface area contributed by atoms with Crippen LogP contribution in [0.25, 0.3) is 0 Å². The van der Waals surface area contributed by atoms with E-state index < -0.39 is 24.2 Å². The number of rotatable bonds is 6. The van der Waals surface area contributed by atoms with Gasteiger partial charge in [-0.05, 0) is 73.2 Å². The lowest BCUT2D eigenvalue weighted by Gasteiger charge is -2.28. The van der Waals surface area contributed by atoms with Crippen molar-refractivity contribution in [2.75, 3.05) is 11.5 Å². The molecule has 1 saturated carbocycles. The zero-order chi connectivity index (χ0) is 25.2. The van der Waals surface area contributed by atoms with Crippen LogP contribution in [0, 0.1) is 17.7 Å². The third kappa shape index (κ3) is 4.56. The van der Waals surface area contributed by atoms with E-state index in [0.717, 1.165) is 18.6 Å². The molecule has 0 spiro atoms. The van der Waals surface area contributed by atoms with Gasteiger partial charge in [-0.15, -0.1) is 0 Å². The summed E-state index contributed by atoms with van der Waals surface area (Å²) in [5.74, 6) is -2.71. The van der Waals surface area contributed by atoms with Crippen LogP contribution < -0.4 is 4.90 Å². The van der Waals surface area contributed by atoms with Crippen molar-refractivity contribution in [3.8, 4) is 0 Å². The van der Waals surface area contributed by atoms with Crippen molar-refractivity contribution in [1.29, 1.82) is 0 Å². The summed E-state index contributed by atoms with van der Waals surface area (Å²) in [7, 11) is 0. The topological polar surface area (TPSA) is 80.8 Å². The highest BCUT2D eigenvalue weighted by Gasteiger charge is 2.50. The maximum absolute atomic E-state index is 13.3. The van der Waals surface area contributed by atoms with Gasteiger partial charge in [0.25, 0.3) is 0 Å². The summed E-state index contributed by atoms with van der Waals surface area (Å²) < 4.78 is 18.2. The van der Waals surface area contributed by atoms with Gasteiger partial charge < -0.3 is 4.74 Å². The first kappa shape index (κ1) is 23.6. The third-order valence-corrected chi connectivity index (χ3v) is 7.04. The highest BCUT2D eigenvalue weighted by Crippen LogP contribution is 2.45. The molecule has 182 valence electrons. The fourth-order valence-corrected chi connectivity index (χ4v) is 5.17. The van der Waals surface area contributed by atoms with Crippen LogP contribution in [0.4, 0.5) is 10.1 Å². The molecular formula is C29H24FNO5. The summed E-state index contributed by atoms with van der Waals surface area (Å²) in [4.78, 5) is 52.5. The van der Waals surface area contributed by atoms with Gasteiger partial charge in [-0.25, -0.2) is 9.18 Å². The maximum atomic E-state index is 13.3. The summed E-state index contributed by atoms with van der Waals surface area (Å²) in [5, 5.41) is 0. The highest BCUT2D eigenvalue weighted by molar-refractivity contribution is 6.22. The van der Waals surface area contributed by atoms with E-state index in [-0.39, 0.29) is 40.7 Å². The fourth-order valence-electron chi connectivity index (χ4n) is 5.17. The molecule has 36 heavy (non-hydrogen) atoms. The summed E-state index contributed by atoms with van der Waals surface area (Å²) in [5.41, 5.74) is 1.84. The molecule has 0 bridgehead atoms. The van der Waals surface area contributed by atoms with E-state index in [0.29, 0.717) is 18.5 Å². The quantitative estimate of drug-likeness (QED) is 0.281. The molecule has 3 aromatic rings. The Balaban J connectivity index is 1.28. The number of fused-ring (bicyclic) bond motifs is 1. The van der Waals surface area contributed by atoms with E-state index in [1.165, 1.54) is 34.7 Å². The number of halogens is 1. The van der Waals surface area contributed by atoms with Crippen LogP contribution in [-0.2, 0) is 14.3 Å². The largest absolute Gasteiger partial charge is 0.454 e. The van der Waals surface area contributed by atoms with Crippen LogP contribution >= 0.6 is 0 Å². The standard InChI is InChI=1S/C29H24FNO5/c30-22-12-9-19(10-13-22)26(32)17-36-29(35)21-7-4-8-23(15-21)31-27(33)24-14-11-20(16-25(24)28(31)34)18-5-2-1-3-6-18/h1-10,12-13,15,20,24-25H,11,14,16-17H2/t20-,24-,25+/m0/s1. The van der Waals surface area contributed by atoms with Crippen molar-refractivity contribution in [2.45, 2.75) is 25.2 Å². The van der Waals surface area contributed by atoms with Crippen LogP contribution in [0.1, 0.15) is 51.5 Å². The molecule has 0 N–H and O–H groups in total. The monoisotopic (exact) mass is 485 g/mol. The molecule has 2 amide bonds. The molecule has 3 aromatic carbocycles. The van der Waals surface area contributed by atoms with Gasteiger partial charge in [0.2, 0.25) is 11.8 Å². The molecule has 0 radical (unpaired) electrons. The average Bonchev–Trinajstić information content (AvgIpc) is 3.17. The van der Waals surface area contributed by atoms with Crippen LogP contribution in [0.15, 0.2) is 78.9 Å². The molecule has 0 aromatic heterocycles. The van der Waals surface area contributed by atoms with E-state index in [1.54, 1.807) is 12.1 Å². The lowest BCUT2D eigenvalue weighted by atomic mass is 9.73. The van der Waals surface area contributed by atoms with Crippen LogP contribution in [0.2, 0.25) is 0 Å². The van der Waals surface area contributed by atoms with E-state index in [2.05, 4.69) is 12.1 Å². The molecule has 5 rings (SSSR count). The maximum Gasteiger partial charge on any atom is 0.338 e. The van der Waals surface area contributed by atoms with Crippen molar-refractivity contribution < 1.29 is 28.3 Å². The second-order valence-electron chi connectivity index (χ2n) is 9.20. The van der Waals surface area contributed by atoms with E-state index in [1.807, 2.05) is 18.2 Å². The van der Waals surface area contributed by atoms with Gasteiger partial charge in [0.15, 0.2) is 12.4 Å². The molecule has 1 aliphatic carbocycles. The Morgan fingerprint density at radius 3 is 2.31 bits per heavy atom. The van der Waals surface area contributed by atoms with Crippen LogP contribution in [0.3, 0.4) is 0 Å². The lowest BCUT2D eigenvalue weighted by Crippen LogP contribution is -2.31. The molecule has 7 heteroatoms. The summed E-state index contributed by atoms with van der Waals surface area (Å²) in [6, 6.07) is 21.1. The minimum atomic E-state index is -0.757. The van der Waals surface area contributed by atoms with E-state index in [4.69, 9.17) is 4.74 Å². The number of hydrogen-bond acceptors (Lipinski definition) is 5. The van der Waals surface area contributed by atoms with E-state index in [9.17, 15) is 23.6 Å². The molecule has 3 atom stereocenters. The first-order valence-corrected chi connectivity index (χ1v) is 11.9. The second kappa shape index (κ2) is 9.85. The summed E-state index contributed by atoms with van der Waals surface area (Å²) in [6.45, 7) is -0.513. The van der Waals surface area contributed by atoms with Crippen molar-refractivity contribution in [3.63, 3.8) is 0 Å². The number of carbonyl (C=O) groups is 4. The number of esters is 1. The second-order valence-corrected chi connectivity index (χ2v) is 9.20. The number of Topliss-reactive ketones (excluding diaryl/α,β-unsaturated/α-hetero) is 1. The number of ketones is 1. The van der Waals surface area contributed by atoms with Crippen LogP contribution in [0.5, 0.6) is 0 Å². The molecule has 2 fully saturated rings. The molecule has 6 nitrogen and oxygen atoms in total. The fraction of sp³-hybridized carbons (Fsp3) is 0.241. The predicted molar refractivity (Wildman–Crippen MR) is 130 cm³/mol. The Bertz CT molecular complexity index is 1320. The number of amides is 2. The lowest BCUT2D eigenvalue weighted by molar-refractivity contribution is -0.122. The Kier molecular flexibility index (Phi) is 6.46. The number of ether oxygens (including phenoxy) is 1. The molecule has 1 aliphatic heterocycles. The minimum Gasteiger partial charge on any atom is -0.454 e. The van der Waals surface area contributed by atoms with Crippen molar-refractivity contribution >= 4 is 29.3 Å². The molecule has 1 saturated heterocycles. The number of anilines is 1. The summed E-state index contributed by atoms with van der Waals surface area (Å²) >= 11 is 0. The van der Waals surface area contributed by atoms with Gasteiger partial charge in [-0.2, -0.15) is 0 Å². The predicted octanol–water partition coefficient (Wildman–Crippen LogP) is 4.94. The normalized spacial score (nSPS) is 21.2. The number of benzene rings is 3. The number of hydrogen-bond donors (Lipinski definition) is 0. The van der Waals surface area contributed by atoms with Gasteiger partial charge in [-0.1, -0.05) is 36.4 Å². The molecular weight excluding hydrogens is 461 g/mol. The van der Waals surface area contributed by atoms with Crippen molar-refractivity contribution in [1.82, 2.24) is 0 Å². The Labute approximate surface area is 207 Å². The molecule has 0 unspecified atom stereocenters. The summed E-state index contributed by atoms with van der Waals surface area (Å²) in [6.07, 6.45) is 2.09. The third-order valence-electron chi connectivity index (χ3n) is 7.04. The molecule has 1 heterocycles. The first-order chi connectivity index (χ1) is 17.4. The zero-order valence-electron chi connectivity index (χ0n) is 19.4. The Hall–Kier alpha value is -4.13. The van der Waals surface area contributed by atoms with Crippen molar-refractivity contribution in [3.05, 3.63) is 101 Å². The van der Waals surface area contributed by atoms with E-state index >= 15 is 0 Å². The SMILES string of the molecule is O=C(COC(=O)c1cccc(N2C(=O)[C@H]3CC[C@H](c4ccccc4)C[C@H]3C2=O)c1)c1ccc(F)cc1. The Morgan fingerprint density at radius 1 is 0.833 bits per heavy atom. The first-order valence-electron chi connectivity index (χ1n) is 11.9. The number of carbonyl (C=O) groups excluding carboxylic acids is 4. The molecule has 2 aliphatic rings. The number of nitrogens with zero attached hydrogens (tertiary/aromatic N) is 1. The number of imide groups is 1. The van der Waals surface area contributed by atoms with Gasteiger partial charge in [0.1, 0.15) is 5.82 Å².